The van der Waals surface area contributed by atoms with E-state index in [2.05, 4.69) is 29.7 Å². The first-order valence-electron chi connectivity index (χ1n) is 15.5. The first-order valence-corrected chi connectivity index (χ1v) is 16.2. The van der Waals surface area contributed by atoms with Crippen molar-refractivity contribution >= 4 is 34.6 Å². The molecule has 1 saturated heterocycles. The van der Waals surface area contributed by atoms with Gasteiger partial charge in [0, 0.05) is 65.8 Å². The van der Waals surface area contributed by atoms with Crippen LogP contribution in [0.15, 0.2) is 28.2 Å². The van der Waals surface area contributed by atoms with E-state index in [0.29, 0.717) is 12.1 Å². The molecular weight excluding hydrogens is 529 g/mol. The molecule has 0 amide bonds. The van der Waals surface area contributed by atoms with Crippen molar-refractivity contribution in [3.8, 4) is 0 Å². The van der Waals surface area contributed by atoms with Gasteiger partial charge in [-0.15, -0.1) is 0 Å². The van der Waals surface area contributed by atoms with Gasteiger partial charge in [0.15, 0.2) is 0 Å². The predicted molar refractivity (Wildman–Crippen MR) is 166 cm³/mol. The molecule has 5 nitrogen and oxygen atoms in total. The Hall–Kier alpha value is -1.11. The zero-order chi connectivity index (χ0) is 27.5. The van der Waals surface area contributed by atoms with Crippen LogP contribution in [0.5, 0.6) is 0 Å². The predicted octanol–water partition coefficient (Wildman–Crippen LogP) is 8.04. The fourth-order valence-electron chi connectivity index (χ4n) is 6.38. The van der Waals surface area contributed by atoms with Crippen molar-refractivity contribution in [1.82, 2.24) is 5.32 Å². The van der Waals surface area contributed by atoms with E-state index < -0.39 is 0 Å². The van der Waals surface area contributed by atoms with E-state index in [1.165, 1.54) is 42.5 Å². The lowest BCUT2D eigenvalue weighted by Gasteiger charge is -2.29. The SMILES string of the molecule is CCOCCNC1CCC(N=C2CCCC=C(Cl)C(c3c(Cl)ccc(NCC4CCCCO4)c3CC)C2)CC1. The Morgan fingerprint density at radius 1 is 1.05 bits per heavy atom. The minimum absolute atomic E-state index is 0.0532. The molecule has 1 aromatic rings. The molecule has 2 atom stereocenters. The summed E-state index contributed by atoms with van der Waals surface area (Å²) in [5, 5.41) is 9.08. The number of hydrogen-bond donors (Lipinski definition) is 2. The van der Waals surface area contributed by atoms with Gasteiger partial charge in [0.05, 0.1) is 12.7 Å². The number of hydrogen-bond acceptors (Lipinski definition) is 5. The zero-order valence-corrected chi connectivity index (χ0v) is 25.6. The molecule has 1 heterocycles. The van der Waals surface area contributed by atoms with Gasteiger partial charge in [0.1, 0.15) is 0 Å². The molecule has 2 N–H and O–H groups in total. The van der Waals surface area contributed by atoms with Gasteiger partial charge in [-0.05, 0) is 107 Å². The second kappa shape index (κ2) is 16.4. The highest BCUT2D eigenvalue weighted by atomic mass is 35.5. The van der Waals surface area contributed by atoms with E-state index in [4.69, 9.17) is 37.7 Å². The molecule has 0 aromatic heterocycles. The first-order chi connectivity index (χ1) is 19.1. The van der Waals surface area contributed by atoms with Crippen LogP contribution in [-0.2, 0) is 15.9 Å². The number of ether oxygens (including phenoxy) is 2. The molecule has 2 aliphatic carbocycles. The highest BCUT2D eigenvalue weighted by molar-refractivity contribution is 6.33. The van der Waals surface area contributed by atoms with Crippen LogP contribution in [-0.4, -0.2) is 56.8 Å². The van der Waals surface area contributed by atoms with E-state index in [-0.39, 0.29) is 12.0 Å². The Bertz CT molecular complexity index is 953. The maximum Gasteiger partial charge on any atom is 0.0747 e. The van der Waals surface area contributed by atoms with Crippen LogP contribution >= 0.6 is 23.2 Å². The number of aliphatic imine (C=N–C) groups is 1. The lowest BCUT2D eigenvalue weighted by molar-refractivity contribution is 0.0247. The maximum atomic E-state index is 7.03. The van der Waals surface area contributed by atoms with Crippen LogP contribution in [0.4, 0.5) is 5.69 Å². The summed E-state index contributed by atoms with van der Waals surface area (Å²) in [5.74, 6) is 0.0532. The Morgan fingerprint density at radius 2 is 1.90 bits per heavy atom. The van der Waals surface area contributed by atoms with Crippen molar-refractivity contribution in [3.63, 3.8) is 0 Å². The minimum atomic E-state index is 0.0532. The normalized spacial score (nSPS) is 27.6. The number of anilines is 1. The van der Waals surface area contributed by atoms with Gasteiger partial charge in [0.25, 0.3) is 0 Å². The molecular formula is C32H49Cl2N3O2. The van der Waals surface area contributed by atoms with Gasteiger partial charge in [-0.1, -0.05) is 36.2 Å². The summed E-state index contributed by atoms with van der Waals surface area (Å²) in [6, 6.07) is 5.17. The van der Waals surface area contributed by atoms with E-state index in [1.807, 2.05) is 13.0 Å². The fraction of sp³-hybridized carbons (Fsp3) is 0.719. The van der Waals surface area contributed by atoms with Gasteiger partial charge >= 0.3 is 0 Å². The third-order valence-corrected chi connectivity index (χ3v) is 9.27. The van der Waals surface area contributed by atoms with E-state index >= 15 is 0 Å². The van der Waals surface area contributed by atoms with E-state index in [1.54, 1.807) is 0 Å². The summed E-state index contributed by atoms with van der Waals surface area (Å²) < 4.78 is 11.4. The first kappa shape index (κ1) is 30.8. The van der Waals surface area contributed by atoms with Crippen LogP contribution in [0.3, 0.4) is 0 Å². The lowest BCUT2D eigenvalue weighted by atomic mass is 9.84. The summed E-state index contributed by atoms with van der Waals surface area (Å²) in [4.78, 5) is 5.36. The molecule has 0 spiro atoms. The minimum Gasteiger partial charge on any atom is -0.382 e. The highest BCUT2D eigenvalue weighted by Crippen LogP contribution is 2.42. The summed E-state index contributed by atoms with van der Waals surface area (Å²) >= 11 is 14.0. The average molecular weight is 579 g/mol. The summed E-state index contributed by atoms with van der Waals surface area (Å²) in [6.45, 7) is 8.48. The number of allylic oxidation sites excluding steroid dienone is 2. The van der Waals surface area contributed by atoms with Crippen LogP contribution in [0.2, 0.25) is 5.02 Å². The van der Waals surface area contributed by atoms with Crippen LogP contribution in [0.1, 0.15) is 102 Å². The largest absolute Gasteiger partial charge is 0.382 e. The van der Waals surface area contributed by atoms with Gasteiger partial charge in [0.2, 0.25) is 0 Å². The fourth-order valence-corrected chi connectivity index (χ4v) is 6.98. The molecule has 3 aliphatic rings. The Kier molecular flexibility index (Phi) is 12.9. The Morgan fingerprint density at radius 3 is 2.64 bits per heavy atom. The molecule has 7 heteroatoms. The highest BCUT2D eigenvalue weighted by Gasteiger charge is 2.27. The van der Waals surface area contributed by atoms with Crippen LogP contribution < -0.4 is 10.6 Å². The molecule has 218 valence electrons. The quantitative estimate of drug-likeness (QED) is 0.261. The summed E-state index contributed by atoms with van der Waals surface area (Å²) in [5.41, 5.74) is 4.91. The number of nitrogens with zero attached hydrogens (tertiary/aromatic N) is 1. The second-order valence-electron chi connectivity index (χ2n) is 11.3. The molecule has 2 unspecified atom stereocenters. The molecule has 1 aromatic carbocycles. The number of rotatable bonds is 11. The second-order valence-corrected chi connectivity index (χ2v) is 12.1. The number of halogens is 2. The van der Waals surface area contributed by atoms with E-state index in [0.717, 1.165) is 100 Å². The van der Waals surface area contributed by atoms with Crippen molar-refractivity contribution in [2.75, 3.05) is 38.2 Å². The number of benzene rings is 1. The zero-order valence-electron chi connectivity index (χ0n) is 24.1. The van der Waals surface area contributed by atoms with Crippen molar-refractivity contribution in [3.05, 3.63) is 39.4 Å². The Labute approximate surface area is 246 Å². The smallest absolute Gasteiger partial charge is 0.0747 e. The molecule has 39 heavy (non-hydrogen) atoms. The topological polar surface area (TPSA) is 54.9 Å². The maximum absolute atomic E-state index is 7.03. The van der Waals surface area contributed by atoms with Gasteiger partial charge in [-0.2, -0.15) is 0 Å². The van der Waals surface area contributed by atoms with E-state index in [9.17, 15) is 0 Å². The van der Waals surface area contributed by atoms with Crippen molar-refractivity contribution < 1.29 is 9.47 Å². The lowest BCUT2D eigenvalue weighted by Crippen LogP contribution is -2.36. The molecule has 0 radical (unpaired) electrons. The molecule has 4 rings (SSSR count). The average Bonchev–Trinajstić information content (AvgIpc) is 2.95. The third-order valence-electron chi connectivity index (χ3n) is 8.53. The molecule has 0 bridgehead atoms. The summed E-state index contributed by atoms with van der Waals surface area (Å²) in [7, 11) is 0. The van der Waals surface area contributed by atoms with Gasteiger partial charge in [-0.3, -0.25) is 4.99 Å². The molecule has 2 fully saturated rings. The van der Waals surface area contributed by atoms with Gasteiger partial charge < -0.3 is 20.1 Å². The van der Waals surface area contributed by atoms with Gasteiger partial charge in [-0.25, -0.2) is 0 Å². The molecule has 1 aliphatic heterocycles. The Balaban J connectivity index is 1.46. The van der Waals surface area contributed by atoms with Crippen molar-refractivity contribution in [1.29, 1.82) is 0 Å². The van der Waals surface area contributed by atoms with Crippen LogP contribution in [0.25, 0.3) is 0 Å². The van der Waals surface area contributed by atoms with Crippen molar-refractivity contribution in [2.45, 2.75) is 115 Å². The summed E-state index contributed by atoms with van der Waals surface area (Å²) in [6.07, 6.45) is 15.6. The molecule has 1 saturated carbocycles. The standard InChI is InChI=1S/C32H49Cl2N3O2/c1-3-27-31(36-22-26-10-7-8-19-39-26)17-16-30(34)32(27)28-21-25(9-5-6-11-29(28)33)37-24-14-12-23(13-15-24)35-18-20-38-4-2/h11,16-17,23-24,26,28,35-36H,3-10,12-15,18-22H2,1-2H3. The number of nitrogens with one attached hydrogen (secondary N) is 2. The third kappa shape index (κ3) is 9.19. The monoisotopic (exact) mass is 577 g/mol. The van der Waals surface area contributed by atoms with Crippen molar-refractivity contribution in [2.24, 2.45) is 4.99 Å². The van der Waals surface area contributed by atoms with Crippen LogP contribution in [0, 0.1) is 0 Å².